The van der Waals surface area contributed by atoms with Crippen LogP contribution in [0.25, 0.3) is 0 Å². The van der Waals surface area contributed by atoms with E-state index in [0.29, 0.717) is 11.8 Å². The van der Waals surface area contributed by atoms with Crippen LogP contribution in [0, 0.1) is 0 Å². The summed E-state index contributed by atoms with van der Waals surface area (Å²) in [5.74, 6) is 0.393. The second-order valence-electron chi connectivity index (χ2n) is 3.37. The molecule has 0 fully saturated rings. The first-order valence-corrected chi connectivity index (χ1v) is 4.53. The van der Waals surface area contributed by atoms with Crippen molar-refractivity contribution < 1.29 is 5.11 Å². The van der Waals surface area contributed by atoms with Crippen LogP contribution in [0.3, 0.4) is 0 Å². The number of nitrogens with one attached hydrogen (secondary N) is 2. The molecule has 1 aliphatic rings. The quantitative estimate of drug-likeness (QED) is 0.600. The minimum absolute atomic E-state index is 0.393. The van der Waals surface area contributed by atoms with Crippen LogP contribution in [0.2, 0.25) is 0 Å². The summed E-state index contributed by atoms with van der Waals surface area (Å²) < 4.78 is 0. The summed E-state index contributed by atoms with van der Waals surface area (Å²) in [5.41, 5.74) is 2.08. The van der Waals surface area contributed by atoms with Gasteiger partial charge in [-0.1, -0.05) is 6.07 Å². The van der Waals surface area contributed by atoms with Gasteiger partial charge in [-0.05, 0) is 25.6 Å². The van der Waals surface area contributed by atoms with Crippen molar-refractivity contribution in [1.29, 1.82) is 0 Å². The SMILES string of the molecule is CNC1CNc2cccc(O)c2C1. The molecule has 70 valence electrons. The Hall–Kier alpha value is -1.22. The average molecular weight is 178 g/mol. The van der Waals surface area contributed by atoms with Crippen molar-refractivity contribution in [3.8, 4) is 5.75 Å². The van der Waals surface area contributed by atoms with E-state index in [2.05, 4.69) is 10.6 Å². The largest absolute Gasteiger partial charge is 0.508 e. The predicted octanol–water partition coefficient (Wildman–Crippen LogP) is 0.948. The molecule has 0 aromatic heterocycles. The third-order valence-electron chi connectivity index (χ3n) is 2.55. The standard InChI is InChI=1S/C10H14N2O/c1-11-7-5-8-9(12-6-7)3-2-4-10(8)13/h2-4,7,11-13H,5-6H2,1H3. The zero-order valence-corrected chi connectivity index (χ0v) is 7.67. The van der Waals surface area contributed by atoms with E-state index in [-0.39, 0.29) is 0 Å². The van der Waals surface area contributed by atoms with Crippen LogP contribution >= 0.6 is 0 Å². The Bertz CT molecular complexity index is 312. The van der Waals surface area contributed by atoms with E-state index in [0.717, 1.165) is 24.2 Å². The first kappa shape index (κ1) is 8.38. The summed E-state index contributed by atoms with van der Waals surface area (Å²) in [6.07, 6.45) is 0.894. The van der Waals surface area contributed by atoms with Gasteiger partial charge in [0, 0.05) is 23.8 Å². The molecule has 2 rings (SSSR count). The summed E-state index contributed by atoms with van der Waals surface area (Å²) in [5, 5.41) is 16.1. The van der Waals surface area contributed by atoms with Crippen LogP contribution in [-0.4, -0.2) is 24.7 Å². The highest BCUT2D eigenvalue weighted by atomic mass is 16.3. The van der Waals surface area contributed by atoms with E-state index in [4.69, 9.17) is 0 Å². The predicted molar refractivity (Wildman–Crippen MR) is 53.1 cm³/mol. The van der Waals surface area contributed by atoms with Crippen LogP contribution in [0.5, 0.6) is 5.75 Å². The molecule has 1 atom stereocenters. The summed E-state index contributed by atoms with van der Waals surface area (Å²) in [7, 11) is 1.94. The number of phenols is 1. The topological polar surface area (TPSA) is 44.3 Å². The van der Waals surface area contributed by atoms with Crippen molar-refractivity contribution in [2.24, 2.45) is 0 Å². The molecule has 0 saturated carbocycles. The zero-order valence-electron chi connectivity index (χ0n) is 7.67. The highest BCUT2D eigenvalue weighted by molar-refractivity contribution is 5.59. The molecule has 3 N–H and O–H groups in total. The lowest BCUT2D eigenvalue weighted by Gasteiger charge is -2.26. The summed E-state index contributed by atoms with van der Waals surface area (Å²) in [4.78, 5) is 0. The number of fused-ring (bicyclic) bond motifs is 1. The minimum atomic E-state index is 0.393. The van der Waals surface area contributed by atoms with Gasteiger partial charge in [0.05, 0.1) is 0 Å². The molecular weight excluding hydrogens is 164 g/mol. The van der Waals surface area contributed by atoms with E-state index >= 15 is 0 Å². The van der Waals surface area contributed by atoms with Gasteiger partial charge in [-0.2, -0.15) is 0 Å². The smallest absolute Gasteiger partial charge is 0.120 e. The Balaban J connectivity index is 2.32. The lowest BCUT2D eigenvalue weighted by molar-refractivity contribution is 0.458. The van der Waals surface area contributed by atoms with Crippen LogP contribution in [-0.2, 0) is 6.42 Å². The fourth-order valence-corrected chi connectivity index (χ4v) is 1.71. The molecule has 0 saturated heterocycles. The number of phenolic OH excluding ortho intramolecular Hbond substituents is 1. The van der Waals surface area contributed by atoms with E-state index in [1.807, 2.05) is 19.2 Å². The number of anilines is 1. The van der Waals surface area contributed by atoms with Crippen molar-refractivity contribution in [3.05, 3.63) is 23.8 Å². The fourth-order valence-electron chi connectivity index (χ4n) is 1.71. The van der Waals surface area contributed by atoms with Gasteiger partial charge < -0.3 is 15.7 Å². The Labute approximate surface area is 77.8 Å². The molecule has 1 aromatic rings. The number of hydrogen-bond acceptors (Lipinski definition) is 3. The molecule has 0 radical (unpaired) electrons. The van der Waals surface area contributed by atoms with E-state index in [1.165, 1.54) is 0 Å². The highest BCUT2D eigenvalue weighted by Gasteiger charge is 2.18. The molecule has 0 spiro atoms. The molecule has 0 amide bonds. The Morgan fingerprint density at radius 3 is 3.15 bits per heavy atom. The minimum Gasteiger partial charge on any atom is -0.508 e. The van der Waals surface area contributed by atoms with Crippen molar-refractivity contribution >= 4 is 5.69 Å². The molecule has 1 aliphatic heterocycles. The molecule has 0 aliphatic carbocycles. The van der Waals surface area contributed by atoms with E-state index < -0.39 is 0 Å². The second-order valence-corrected chi connectivity index (χ2v) is 3.37. The molecule has 3 heteroatoms. The van der Waals surface area contributed by atoms with Gasteiger partial charge in [0.2, 0.25) is 0 Å². The van der Waals surface area contributed by atoms with Crippen LogP contribution in [0.1, 0.15) is 5.56 Å². The molecule has 1 unspecified atom stereocenters. The van der Waals surface area contributed by atoms with Gasteiger partial charge in [-0.25, -0.2) is 0 Å². The highest BCUT2D eigenvalue weighted by Crippen LogP contribution is 2.29. The van der Waals surface area contributed by atoms with Crippen LogP contribution in [0.15, 0.2) is 18.2 Å². The molecular formula is C10H14N2O. The van der Waals surface area contributed by atoms with Gasteiger partial charge in [-0.15, -0.1) is 0 Å². The molecule has 1 aromatic carbocycles. The number of likely N-dealkylation sites (N-methyl/N-ethyl adjacent to an activating group) is 1. The monoisotopic (exact) mass is 178 g/mol. The summed E-state index contributed by atoms with van der Waals surface area (Å²) >= 11 is 0. The molecule has 3 nitrogen and oxygen atoms in total. The third-order valence-corrected chi connectivity index (χ3v) is 2.55. The normalized spacial score (nSPS) is 20.5. The van der Waals surface area contributed by atoms with Gasteiger partial charge >= 0.3 is 0 Å². The second kappa shape index (κ2) is 3.26. The summed E-state index contributed by atoms with van der Waals surface area (Å²) in [6.45, 7) is 0.924. The fraction of sp³-hybridized carbons (Fsp3) is 0.400. The average Bonchev–Trinajstić information content (AvgIpc) is 2.18. The Morgan fingerprint density at radius 2 is 2.38 bits per heavy atom. The van der Waals surface area contributed by atoms with E-state index in [1.54, 1.807) is 6.07 Å². The van der Waals surface area contributed by atoms with Crippen molar-refractivity contribution in [2.75, 3.05) is 18.9 Å². The molecule has 0 bridgehead atoms. The van der Waals surface area contributed by atoms with Gasteiger partial charge in [-0.3, -0.25) is 0 Å². The van der Waals surface area contributed by atoms with Gasteiger partial charge in [0.25, 0.3) is 0 Å². The Morgan fingerprint density at radius 1 is 1.54 bits per heavy atom. The maximum atomic E-state index is 9.60. The van der Waals surface area contributed by atoms with Crippen molar-refractivity contribution in [3.63, 3.8) is 0 Å². The van der Waals surface area contributed by atoms with Crippen LogP contribution < -0.4 is 10.6 Å². The maximum absolute atomic E-state index is 9.60. The number of benzene rings is 1. The first-order valence-electron chi connectivity index (χ1n) is 4.53. The maximum Gasteiger partial charge on any atom is 0.120 e. The molecule has 1 heterocycles. The van der Waals surface area contributed by atoms with E-state index in [9.17, 15) is 5.11 Å². The van der Waals surface area contributed by atoms with Crippen LogP contribution in [0.4, 0.5) is 5.69 Å². The zero-order chi connectivity index (χ0) is 9.26. The number of rotatable bonds is 1. The van der Waals surface area contributed by atoms with Gasteiger partial charge in [0.1, 0.15) is 5.75 Å². The number of aromatic hydroxyl groups is 1. The van der Waals surface area contributed by atoms with Crippen molar-refractivity contribution in [2.45, 2.75) is 12.5 Å². The van der Waals surface area contributed by atoms with Crippen molar-refractivity contribution in [1.82, 2.24) is 5.32 Å². The number of hydrogen-bond donors (Lipinski definition) is 3. The summed E-state index contributed by atoms with van der Waals surface area (Å²) in [6, 6.07) is 6.01. The Kier molecular flexibility index (Phi) is 2.10. The first-order chi connectivity index (χ1) is 6.31. The van der Waals surface area contributed by atoms with Gasteiger partial charge in [0.15, 0.2) is 0 Å². The lowest BCUT2D eigenvalue weighted by atomic mass is 9.99. The lowest BCUT2D eigenvalue weighted by Crippen LogP contribution is -2.38. The third kappa shape index (κ3) is 1.47. The molecule has 13 heavy (non-hydrogen) atoms.